The molecule has 0 aromatic carbocycles. The highest BCUT2D eigenvalue weighted by atomic mass is 16.2. The lowest BCUT2D eigenvalue weighted by molar-refractivity contribution is -0.128. The van der Waals surface area contributed by atoms with E-state index < -0.39 is 5.54 Å². The number of hydrogen-bond donors (Lipinski definition) is 1. The van der Waals surface area contributed by atoms with Crippen molar-refractivity contribution in [1.82, 2.24) is 5.32 Å². The van der Waals surface area contributed by atoms with E-state index in [-0.39, 0.29) is 11.7 Å². The molecule has 0 saturated carbocycles. The van der Waals surface area contributed by atoms with E-state index in [4.69, 9.17) is 0 Å². The zero-order chi connectivity index (χ0) is 9.90. The summed E-state index contributed by atoms with van der Waals surface area (Å²) in [6.45, 7) is 2.90. The van der Waals surface area contributed by atoms with Gasteiger partial charge in [0.2, 0.25) is 5.91 Å². The Bertz CT molecular complexity index is 291. The fraction of sp³-hybridized carbons (Fsp3) is 0.400. The van der Waals surface area contributed by atoms with Crippen LogP contribution in [-0.4, -0.2) is 17.2 Å². The van der Waals surface area contributed by atoms with E-state index >= 15 is 0 Å². The molecule has 0 aliphatic heterocycles. The van der Waals surface area contributed by atoms with Crippen molar-refractivity contribution in [2.75, 3.05) is 0 Å². The molecule has 0 heterocycles. The Morgan fingerprint density at radius 2 is 2.00 bits per heavy atom. The fourth-order valence-electron chi connectivity index (χ4n) is 1.38. The van der Waals surface area contributed by atoms with Crippen LogP contribution in [0.25, 0.3) is 0 Å². The first-order valence-electron chi connectivity index (χ1n) is 4.21. The number of Topliss-reactive ketones (excluding diaryl/α,β-unsaturated/α-hetero) is 1. The molecular weight excluding hydrogens is 166 g/mol. The van der Waals surface area contributed by atoms with Gasteiger partial charge in [0.1, 0.15) is 5.54 Å². The van der Waals surface area contributed by atoms with E-state index in [0.29, 0.717) is 6.42 Å². The summed E-state index contributed by atoms with van der Waals surface area (Å²) >= 11 is 0. The predicted octanol–water partition coefficient (Wildman–Crippen LogP) is 0.966. The number of amides is 1. The van der Waals surface area contributed by atoms with Crippen molar-refractivity contribution in [2.45, 2.75) is 25.8 Å². The highest BCUT2D eigenvalue weighted by Crippen LogP contribution is 2.18. The first-order valence-corrected chi connectivity index (χ1v) is 4.21. The minimum absolute atomic E-state index is 0.0386. The van der Waals surface area contributed by atoms with E-state index in [0.717, 1.165) is 0 Å². The quantitative estimate of drug-likeness (QED) is 0.686. The first-order chi connectivity index (χ1) is 6.07. The van der Waals surface area contributed by atoms with Crippen molar-refractivity contribution in [2.24, 2.45) is 0 Å². The molecule has 0 saturated heterocycles. The van der Waals surface area contributed by atoms with Crippen molar-refractivity contribution >= 4 is 11.7 Å². The Morgan fingerprint density at radius 1 is 1.31 bits per heavy atom. The fourth-order valence-corrected chi connectivity index (χ4v) is 1.38. The number of carbonyl (C=O) groups is 2. The second-order valence-electron chi connectivity index (χ2n) is 3.20. The molecule has 1 aliphatic rings. The SMILES string of the molecule is CC(=O)NC1(C(C)=O)C=CC=CC1. The van der Waals surface area contributed by atoms with Crippen molar-refractivity contribution in [3.05, 3.63) is 24.3 Å². The molecule has 3 nitrogen and oxygen atoms in total. The van der Waals surface area contributed by atoms with Crippen molar-refractivity contribution in [1.29, 1.82) is 0 Å². The second kappa shape index (κ2) is 3.56. The molecule has 1 rings (SSSR count). The normalized spacial score (nSPS) is 25.7. The van der Waals surface area contributed by atoms with Gasteiger partial charge in [0.25, 0.3) is 0 Å². The molecule has 1 atom stereocenters. The average molecular weight is 179 g/mol. The molecule has 0 spiro atoms. The number of ketones is 1. The van der Waals surface area contributed by atoms with Crippen LogP contribution in [0, 0.1) is 0 Å². The second-order valence-corrected chi connectivity index (χ2v) is 3.20. The molecule has 70 valence electrons. The van der Waals surface area contributed by atoms with E-state index in [9.17, 15) is 9.59 Å². The van der Waals surface area contributed by atoms with Gasteiger partial charge in [0, 0.05) is 6.92 Å². The number of carbonyl (C=O) groups excluding carboxylic acids is 2. The van der Waals surface area contributed by atoms with E-state index in [1.54, 1.807) is 12.2 Å². The van der Waals surface area contributed by atoms with Crippen molar-refractivity contribution in [3.8, 4) is 0 Å². The lowest BCUT2D eigenvalue weighted by Gasteiger charge is -2.28. The summed E-state index contributed by atoms with van der Waals surface area (Å²) in [5, 5.41) is 2.67. The van der Waals surface area contributed by atoms with Crippen LogP contribution in [-0.2, 0) is 9.59 Å². The molecule has 13 heavy (non-hydrogen) atoms. The van der Waals surface area contributed by atoms with Gasteiger partial charge >= 0.3 is 0 Å². The van der Waals surface area contributed by atoms with E-state index in [1.807, 2.05) is 12.2 Å². The molecular formula is C10H13NO2. The molecule has 0 aromatic rings. The van der Waals surface area contributed by atoms with Crippen LogP contribution in [0.3, 0.4) is 0 Å². The van der Waals surface area contributed by atoms with Crippen LogP contribution in [0.5, 0.6) is 0 Å². The van der Waals surface area contributed by atoms with Gasteiger partial charge in [-0.3, -0.25) is 9.59 Å². The minimum Gasteiger partial charge on any atom is -0.340 e. The largest absolute Gasteiger partial charge is 0.340 e. The van der Waals surface area contributed by atoms with Crippen LogP contribution in [0.1, 0.15) is 20.3 Å². The molecule has 1 aliphatic carbocycles. The van der Waals surface area contributed by atoms with Gasteiger partial charge in [-0.15, -0.1) is 0 Å². The lowest BCUT2D eigenvalue weighted by atomic mass is 9.87. The molecule has 1 unspecified atom stereocenters. The number of hydrogen-bond acceptors (Lipinski definition) is 2. The van der Waals surface area contributed by atoms with Crippen LogP contribution in [0.4, 0.5) is 0 Å². The molecule has 3 heteroatoms. The molecule has 1 N–H and O–H groups in total. The monoisotopic (exact) mass is 179 g/mol. The van der Waals surface area contributed by atoms with Gasteiger partial charge in [-0.1, -0.05) is 24.3 Å². The third-order valence-electron chi connectivity index (χ3n) is 2.10. The lowest BCUT2D eigenvalue weighted by Crippen LogP contribution is -2.51. The Morgan fingerprint density at radius 3 is 2.38 bits per heavy atom. The summed E-state index contributed by atoms with van der Waals surface area (Å²) in [5.74, 6) is -0.224. The first kappa shape index (κ1) is 9.71. The molecule has 0 fully saturated rings. The molecule has 0 radical (unpaired) electrons. The number of rotatable bonds is 2. The summed E-state index contributed by atoms with van der Waals surface area (Å²) in [6, 6.07) is 0. The maximum atomic E-state index is 11.4. The summed E-state index contributed by atoms with van der Waals surface area (Å²) in [7, 11) is 0. The maximum Gasteiger partial charge on any atom is 0.217 e. The van der Waals surface area contributed by atoms with Crippen LogP contribution in [0.2, 0.25) is 0 Å². The van der Waals surface area contributed by atoms with Gasteiger partial charge in [-0.05, 0) is 13.3 Å². The Hall–Kier alpha value is -1.38. The average Bonchev–Trinajstić information content (AvgIpc) is 2.04. The third kappa shape index (κ3) is 2.05. The topological polar surface area (TPSA) is 46.2 Å². The minimum atomic E-state index is -0.805. The predicted molar refractivity (Wildman–Crippen MR) is 50.1 cm³/mol. The zero-order valence-electron chi connectivity index (χ0n) is 7.83. The van der Waals surface area contributed by atoms with E-state index in [2.05, 4.69) is 5.32 Å². The molecule has 0 aromatic heterocycles. The maximum absolute atomic E-state index is 11.4. The number of allylic oxidation sites excluding steroid dienone is 2. The zero-order valence-corrected chi connectivity index (χ0v) is 7.83. The summed E-state index contributed by atoms with van der Waals surface area (Å²) in [6.07, 6.45) is 7.79. The highest BCUT2D eigenvalue weighted by molar-refractivity contribution is 5.93. The summed E-state index contributed by atoms with van der Waals surface area (Å²) in [4.78, 5) is 22.3. The summed E-state index contributed by atoms with van der Waals surface area (Å²) in [5.41, 5.74) is -0.805. The van der Waals surface area contributed by atoms with Gasteiger partial charge in [-0.25, -0.2) is 0 Å². The Balaban J connectivity index is 2.88. The molecule has 1 amide bonds. The van der Waals surface area contributed by atoms with Crippen LogP contribution >= 0.6 is 0 Å². The smallest absolute Gasteiger partial charge is 0.217 e. The van der Waals surface area contributed by atoms with Crippen LogP contribution in [0.15, 0.2) is 24.3 Å². The van der Waals surface area contributed by atoms with Gasteiger partial charge < -0.3 is 5.32 Å². The summed E-state index contributed by atoms with van der Waals surface area (Å²) < 4.78 is 0. The molecule has 0 bridgehead atoms. The van der Waals surface area contributed by atoms with Gasteiger partial charge in [-0.2, -0.15) is 0 Å². The van der Waals surface area contributed by atoms with Crippen molar-refractivity contribution in [3.63, 3.8) is 0 Å². The van der Waals surface area contributed by atoms with Gasteiger partial charge in [0.15, 0.2) is 5.78 Å². The van der Waals surface area contributed by atoms with Gasteiger partial charge in [0.05, 0.1) is 0 Å². The van der Waals surface area contributed by atoms with E-state index in [1.165, 1.54) is 13.8 Å². The highest BCUT2D eigenvalue weighted by Gasteiger charge is 2.32. The van der Waals surface area contributed by atoms with Crippen LogP contribution < -0.4 is 5.32 Å². The Kier molecular flexibility index (Phi) is 2.66. The third-order valence-corrected chi connectivity index (χ3v) is 2.10. The standard InChI is InChI=1S/C10H13NO2/c1-8(12)10(11-9(2)13)6-4-3-5-7-10/h3-6H,7H2,1-2H3,(H,11,13). The number of nitrogens with one attached hydrogen (secondary N) is 1. The Labute approximate surface area is 77.5 Å². The van der Waals surface area contributed by atoms with Crippen molar-refractivity contribution < 1.29 is 9.59 Å².